The number of carbonyl (C=O) groups excluding carboxylic acids is 1. The lowest BCUT2D eigenvalue weighted by Gasteiger charge is -2.33. The van der Waals surface area contributed by atoms with E-state index in [1.54, 1.807) is 18.2 Å². The second-order valence-electron chi connectivity index (χ2n) is 5.71. The van der Waals surface area contributed by atoms with Gasteiger partial charge < -0.3 is 9.32 Å². The van der Waals surface area contributed by atoms with Crippen LogP contribution in [0.4, 0.5) is 0 Å². The number of nitrogens with zero attached hydrogens (tertiary/aromatic N) is 1. The molecule has 0 saturated carbocycles. The maximum absolute atomic E-state index is 12.8. The molecule has 0 bridgehead atoms. The third kappa shape index (κ3) is 3.06. The monoisotopic (exact) mass is 301 g/mol. The molecule has 0 aliphatic heterocycles. The van der Waals surface area contributed by atoms with Crippen LogP contribution in [0.1, 0.15) is 51.1 Å². The molecule has 2 unspecified atom stereocenters. The highest BCUT2D eigenvalue weighted by molar-refractivity contribution is 5.95. The van der Waals surface area contributed by atoms with E-state index in [0.717, 1.165) is 18.2 Å². The van der Waals surface area contributed by atoms with Crippen LogP contribution in [0, 0.1) is 0 Å². The summed E-state index contributed by atoms with van der Waals surface area (Å²) in [6.07, 6.45) is 1.71. The number of hydrogen-bond donors (Lipinski definition) is 0. The summed E-state index contributed by atoms with van der Waals surface area (Å²) in [6, 6.07) is 9.01. The summed E-state index contributed by atoms with van der Waals surface area (Å²) in [6.45, 7) is 8.13. The number of amides is 1. The highest BCUT2D eigenvalue weighted by Gasteiger charge is 2.26. The van der Waals surface area contributed by atoms with Crippen LogP contribution < -0.4 is 5.63 Å². The van der Waals surface area contributed by atoms with Gasteiger partial charge in [0.25, 0.3) is 5.91 Å². The normalized spacial score (nSPS) is 13.8. The van der Waals surface area contributed by atoms with Crippen molar-refractivity contribution in [1.29, 1.82) is 0 Å². The van der Waals surface area contributed by atoms with Crippen LogP contribution in [0.5, 0.6) is 0 Å². The zero-order valence-electron chi connectivity index (χ0n) is 13.6. The maximum Gasteiger partial charge on any atom is 0.344 e. The van der Waals surface area contributed by atoms with Crippen molar-refractivity contribution in [3.05, 3.63) is 46.5 Å². The van der Waals surface area contributed by atoms with Crippen LogP contribution in [0.2, 0.25) is 0 Å². The lowest BCUT2D eigenvalue weighted by atomic mass is 10.1. The smallest absolute Gasteiger partial charge is 0.344 e. The first-order valence-corrected chi connectivity index (χ1v) is 7.85. The molecule has 1 amide bonds. The summed E-state index contributed by atoms with van der Waals surface area (Å²) < 4.78 is 5.28. The molecule has 2 rings (SSSR count). The van der Waals surface area contributed by atoms with E-state index in [4.69, 9.17) is 4.42 Å². The molecule has 0 saturated heterocycles. The Labute approximate surface area is 130 Å². The average Bonchev–Trinajstić information content (AvgIpc) is 2.54. The molecule has 1 aromatic carbocycles. The van der Waals surface area contributed by atoms with Gasteiger partial charge in [-0.05, 0) is 44.2 Å². The van der Waals surface area contributed by atoms with Crippen molar-refractivity contribution in [2.24, 2.45) is 0 Å². The molecular weight excluding hydrogens is 278 g/mol. The van der Waals surface area contributed by atoms with Gasteiger partial charge in [0.1, 0.15) is 0 Å². The fraction of sp³-hybridized carbons (Fsp3) is 0.444. The first-order valence-electron chi connectivity index (χ1n) is 7.85. The van der Waals surface area contributed by atoms with E-state index in [2.05, 4.69) is 0 Å². The quantitative estimate of drug-likeness (QED) is 0.843. The molecule has 2 atom stereocenters. The Bertz CT molecular complexity index is 710. The molecule has 0 N–H and O–H groups in total. The number of rotatable bonds is 5. The first kappa shape index (κ1) is 16.3. The van der Waals surface area contributed by atoms with Gasteiger partial charge in [-0.1, -0.05) is 32.0 Å². The van der Waals surface area contributed by atoms with Crippen LogP contribution in [-0.2, 0) is 0 Å². The molecule has 4 heteroatoms. The predicted molar refractivity (Wildman–Crippen MR) is 88.2 cm³/mol. The Hall–Kier alpha value is -2.10. The average molecular weight is 301 g/mol. The van der Waals surface area contributed by atoms with Crippen molar-refractivity contribution in [1.82, 2.24) is 4.90 Å². The topological polar surface area (TPSA) is 50.5 Å². The van der Waals surface area contributed by atoms with Crippen molar-refractivity contribution in [2.45, 2.75) is 52.6 Å². The van der Waals surface area contributed by atoms with Gasteiger partial charge in [-0.25, -0.2) is 4.79 Å². The van der Waals surface area contributed by atoms with E-state index in [-0.39, 0.29) is 23.8 Å². The zero-order chi connectivity index (χ0) is 16.3. The summed E-state index contributed by atoms with van der Waals surface area (Å²) in [4.78, 5) is 26.7. The van der Waals surface area contributed by atoms with E-state index in [1.807, 2.05) is 44.7 Å². The molecule has 118 valence electrons. The molecule has 4 nitrogen and oxygen atoms in total. The van der Waals surface area contributed by atoms with Gasteiger partial charge in [0.05, 0.1) is 5.39 Å². The van der Waals surface area contributed by atoms with Crippen LogP contribution in [0.15, 0.2) is 39.5 Å². The SMILES string of the molecule is CCC(C)N(C(=O)c1cc2ccccc2c(=O)o1)C(C)CC. The van der Waals surface area contributed by atoms with Crippen molar-refractivity contribution in [3.63, 3.8) is 0 Å². The molecule has 0 fully saturated rings. The minimum absolute atomic E-state index is 0.0965. The van der Waals surface area contributed by atoms with Crippen LogP contribution in [0.25, 0.3) is 10.8 Å². The van der Waals surface area contributed by atoms with Crippen molar-refractivity contribution < 1.29 is 9.21 Å². The van der Waals surface area contributed by atoms with E-state index in [1.165, 1.54) is 0 Å². The third-order valence-corrected chi connectivity index (χ3v) is 4.25. The first-order chi connectivity index (χ1) is 10.5. The minimum atomic E-state index is -0.463. The molecule has 0 radical (unpaired) electrons. The van der Waals surface area contributed by atoms with Gasteiger partial charge in [0, 0.05) is 12.1 Å². The van der Waals surface area contributed by atoms with Gasteiger partial charge in [-0.2, -0.15) is 0 Å². The Kier molecular flexibility index (Phi) is 5.01. The van der Waals surface area contributed by atoms with Gasteiger partial charge >= 0.3 is 5.63 Å². The lowest BCUT2D eigenvalue weighted by molar-refractivity contribution is 0.0561. The summed E-state index contributed by atoms with van der Waals surface area (Å²) in [7, 11) is 0. The van der Waals surface area contributed by atoms with Crippen molar-refractivity contribution >= 4 is 16.7 Å². The Balaban J connectivity index is 2.49. The lowest BCUT2D eigenvalue weighted by Crippen LogP contribution is -2.44. The Morgan fingerprint density at radius 3 is 2.32 bits per heavy atom. The Morgan fingerprint density at radius 2 is 1.73 bits per heavy atom. The molecule has 2 aromatic rings. The van der Waals surface area contributed by atoms with Gasteiger partial charge in [-0.15, -0.1) is 0 Å². The molecular formula is C18H23NO3. The van der Waals surface area contributed by atoms with Gasteiger partial charge in [-0.3, -0.25) is 4.79 Å². The molecule has 1 aromatic heterocycles. The zero-order valence-corrected chi connectivity index (χ0v) is 13.6. The summed E-state index contributed by atoms with van der Waals surface area (Å²) in [5.74, 6) is -0.101. The second-order valence-corrected chi connectivity index (χ2v) is 5.71. The van der Waals surface area contributed by atoms with Crippen molar-refractivity contribution in [3.8, 4) is 0 Å². The van der Waals surface area contributed by atoms with E-state index < -0.39 is 5.63 Å². The Morgan fingerprint density at radius 1 is 1.14 bits per heavy atom. The molecule has 0 aliphatic carbocycles. The number of benzene rings is 1. The third-order valence-electron chi connectivity index (χ3n) is 4.25. The fourth-order valence-corrected chi connectivity index (χ4v) is 2.60. The molecule has 22 heavy (non-hydrogen) atoms. The summed E-state index contributed by atoms with van der Waals surface area (Å²) >= 11 is 0. The van der Waals surface area contributed by atoms with E-state index in [0.29, 0.717) is 5.39 Å². The van der Waals surface area contributed by atoms with Crippen LogP contribution >= 0.6 is 0 Å². The summed E-state index contributed by atoms with van der Waals surface area (Å²) in [5.41, 5.74) is -0.463. The number of fused-ring (bicyclic) bond motifs is 1. The minimum Gasteiger partial charge on any atom is -0.417 e. The number of hydrogen-bond acceptors (Lipinski definition) is 3. The van der Waals surface area contributed by atoms with Crippen LogP contribution in [-0.4, -0.2) is 22.9 Å². The maximum atomic E-state index is 12.8. The molecule has 0 aliphatic rings. The van der Waals surface area contributed by atoms with Gasteiger partial charge in [0.15, 0.2) is 5.76 Å². The fourth-order valence-electron chi connectivity index (χ4n) is 2.60. The molecule has 0 spiro atoms. The van der Waals surface area contributed by atoms with Crippen molar-refractivity contribution in [2.75, 3.05) is 0 Å². The predicted octanol–water partition coefficient (Wildman–Crippen LogP) is 3.83. The van der Waals surface area contributed by atoms with Gasteiger partial charge in [0.2, 0.25) is 0 Å². The van der Waals surface area contributed by atoms with Crippen LogP contribution in [0.3, 0.4) is 0 Å². The largest absolute Gasteiger partial charge is 0.417 e. The second kappa shape index (κ2) is 6.77. The number of carbonyl (C=O) groups is 1. The molecule has 1 heterocycles. The summed E-state index contributed by atoms with van der Waals surface area (Å²) in [5, 5.41) is 1.23. The highest BCUT2D eigenvalue weighted by Crippen LogP contribution is 2.18. The standard InChI is InChI=1S/C18H23NO3/c1-5-12(3)19(13(4)6-2)17(20)16-11-14-9-7-8-10-15(14)18(21)22-16/h7-13H,5-6H2,1-4H3. The van der Waals surface area contributed by atoms with E-state index in [9.17, 15) is 9.59 Å². The van der Waals surface area contributed by atoms with E-state index >= 15 is 0 Å². The highest BCUT2D eigenvalue weighted by atomic mass is 16.4.